The van der Waals surface area contributed by atoms with Gasteiger partial charge in [0.05, 0.1) is 25.1 Å². The number of hydrogen-bond acceptors (Lipinski definition) is 6. The van der Waals surface area contributed by atoms with Gasteiger partial charge in [0, 0.05) is 12.8 Å². The maximum absolute atomic E-state index is 12.8. The third-order valence-corrected chi connectivity index (χ3v) is 6.43. The first kappa shape index (κ1) is 33.3. The van der Waals surface area contributed by atoms with Crippen molar-refractivity contribution in [3.8, 4) is 5.75 Å². The molecule has 3 atom stereocenters. The Morgan fingerprint density at radius 3 is 2.37 bits per heavy atom. The molecule has 8 nitrogen and oxygen atoms in total. The van der Waals surface area contributed by atoms with Crippen LogP contribution in [-0.4, -0.2) is 48.2 Å². The lowest BCUT2D eigenvalue weighted by Gasteiger charge is -2.20. The molecule has 0 saturated carbocycles. The second kappa shape index (κ2) is 19.2. The lowest BCUT2D eigenvalue weighted by molar-refractivity contribution is -0.148. The third-order valence-electron chi connectivity index (χ3n) is 6.43. The van der Waals surface area contributed by atoms with Gasteiger partial charge < -0.3 is 25.2 Å². The summed E-state index contributed by atoms with van der Waals surface area (Å²) in [6.45, 7) is 9.45. The fourth-order valence-electron chi connectivity index (χ4n) is 4.17. The first-order valence-electron chi connectivity index (χ1n) is 14.2. The van der Waals surface area contributed by atoms with Crippen LogP contribution in [0.3, 0.4) is 0 Å². The van der Waals surface area contributed by atoms with Crippen molar-refractivity contribution in [2.24, 2.45) is 5.92 Å². The number of aliphatic hydroxyl groups is 1. The highest BCUT2D eigenvalue weighted by Crippen LogP contribution is 2.16. The van der Waals surface area contributed by atoms with Gasteiger partial charge in [-0.25, -0.2) is 0 Å². The van der Waals surface area contributed by atoms with E-state index in [0.717, 1.165) is 36.1 Å². The zero-order chi connectivity index (χ0) is 29.9. The van der Waals surface area contributed by atoms with Gasteiger partial charge in [-0.2, -0.15) is 0 Å². The van der Waals surface area contributed by atoms with E-state index >= 15 is 0 Å². The van der Waals surface area contributed by atoms with Crippen molar-refractivity contribution in [1.29, 1.82) is 0 Å². The van der Waals surface area contributed by atoms with Crippen LogP contribution < -0.4 is 15.4 Å². The van der Waals surface area contributed by atoms with Crippen molar-refractivity contribution in [2.45, 2.75) is 70.6 Å². The molecule has 0 aliphatic rings. The molecule has 2 amide bonds. The molecule has 0 fully saturated rings. The van der Waals surface area contributed by atoms with Crippen LogP contribution in [-0.2, 0) is 32.1 Å². The van der Waals surface area contributed by atoms with Gasteiger partial charge in [-0.15, -0.1) is 13.2 Å². The molecule has 3 N–H and O–H groups in total. The molecule has 0 aliphatic carbocycles. The molecular weight excluding hydrogens is 520 g/mol. The Labute approximate surface area is 243 Å². The number of nitrogens with one attached hydrogen (secondary N) is 2. The maximum Gasteiger partial charge on any atom is 0.306 e. The first-order chi connectivity index (χ1) is 19.8. The summed E-state index contributed by atoms with van der Waals surface area (Å²) in [7, 11) is 0. The Morgan fingerprint density at radius 2 is 1.71 bits per heavy atom. The van der Waals surface area contributed by atoms with Crippen molar-refractivity contribution in [1.82, 2.24) is 10.6 Å². The lowest BCUT2D eigenvalue weighted by Crippen LogP contribution is -2.42. The number of benzene rings is 2. The topological polar surface area (TPSA) is 114 Å². The molecule has 0 unspecified atom stereocenters. The van der Waals surface area contributed by atoms with E-state index in [2.05, 4.69) is 23.8 Å². The molecule has 8 heteroatoms. The number of carbonyl (C=O) groups excluding carboxylic acids is 3. The average molecular weight is 565 g/mol. The van der Waals surface area contributed by atoms with Gasteiger partial charge in [-0.3, -0.25) is 14.4 Å². The summed E-state index contributed by atoms with van der Waals surface area (Å²) in [6.07, 6.45) is 6.38. The maximum atomic E-state index is 12.8. The molecule has 0 radical (unpaired) electrons. The summed E-state index contributed by atoms with van der Waals surface area (Å²) in [5, 5.41) is 15.5. The number of rotatable bonds is 20. The van der Waals surface area contributed by atoms with Gasteiger partial charge in [0.1, 0.15) is 18.5 Å². The van der Waals surface area contributed by atoms with E-state index in [1.807, 2.05) is 60.7 Å². The molecule has 2 aromatic carbocycles. The molecule has 0 aromatic heterocycles. The smallest absolute Gasteiger partial charge is 0.306 e. The van der Waals surface area contributed by atoms with Crippen molar-refractivity contribution in [2.75, 3.05) is 13.2 Å². The summed E-state index contributed by atoms with van der Waals surface area (Å²) in [6, 6.07) is 16.9. The van der Waals surface area contributed by atoms with Crippen LogP contribution in [0.4, 0.5) is 0 Å². The second-order valence-electron chi connectivity index (χ2n) is 10.1. The number of esters is 1. The van der Waals surface area contributed by atoms with Crippen LogP contribution >= 0.6 is 0 Å². The molecule has 222 valence electrons. The summed E-state index contributed by atoms with van der Waals surface area (Å²) >= 11 is 0. The molecule has 0 spiro atoms. The van der Waals surface area contributed by atoms with Crippen LogP contribution in [0.5, 0.6) is 5.75 Å². The Bertz CT molecular complexity index is 1090. The lowest BCUT2D eigenvalue weighted by atomic mass is 9.99. The van der Waals surface area contributed by atoms with Gasteiger partial charge >= 0.3 is 5.97 Å². The molecule has 0 bridgehead atoms. The van der Waals surface area contributed by atoms with Crippen molar-refractivity contribution in [3.05, 3.63) is 91.0 Å². The largest absolute Gasteiger partial charge is 0.489 e. The minimum absolute atomic E-state index is 0.0575. The quantitative estimate of drug-likeness (QED) is 0.122. The summed E-state index contributed by atoms with van der Waals surface area (Å²) in [5.74, 6) is -0.863. The van der Waals surface area contributed by atoms with Gasteiger partial charge in [0.2, 0.25) is 11.8 Å². The Balaban J connectivity index is 1.78. The average Bonchev–Trinajstić information content (AvgIpc) is 2.97. The number of allylic oxidation sites excluding steroid dienone is 2. The highest BCUT2D eigenvalue weighted by atomic mass is 16.5. The molecule has 2 rings (SSSR count). The van der Waals surface area contributed by atoms with E-state index in [0.29, 0.717) is 25.9 Å². The van der Waals surface area contributed by atoms with Gasteiger partial charge in [-0.1, -0.05) is 54.6 Å². The number of carbonyl (C=O) groups is 3. The van der Waals surface area contributed by atoms with Gasteiger partial charge in [0.25, 0.3) is 0 Å². The van der Waals surface area contributed by atoms with Crippen LogP contribution in [0, 0.1) is 5.92 Å². The molecule has 0 aliphatic heterocycles. The van der Waals surface area contributed by atoms with E-state index in [-0.39, 0.29) is 37.4 Å². The van der Waals surface area contributed by atoms with Crippen LogP contribution in [0.2, 0.25) is 0 Å². The standard InChI is InChI=1S/C33H44N2O6/c1-4-6-7-11-15-32(38)41-25(3)22-34-33(39)28(12-5-2)21-31(37)35-29(23-36)20-26-16-18-30(19-17-26)40-24-27-13-9-8-10-14-27/h4-5,8-10,13-14,16-19,25,28-29,36H,1-2,6-7,11-12,15,20-24H2,3H3,(H,34,39)(H,35,37)/t25-,28+,29-/m0/s1. The van der Waals surface area contributed by atoms with Crippen LogP contribution in [0.1, 0.15) is 56.6 Å². The fraction of sp³-hybridized carbons (Fsp3) is 0.424. The molecule has 0 heterocycles. The zero-order valence-corrected chi connectivity index (χ0v) is 24.1. The predicted molar refractivity (Wildman–Crippen MR) is 160 cm³/mol. The summed E-state index contributed by atoms with van der Waals surface area (Å²) in [5.41, 5.74) is 2.01. The number of unbranched alkanes of at least 4 members (excludes halogenated alkanes) is 2. The van der Waals surface area contributed by atoms with E-state index < -0.39 is 18.1 Å². The Hall–Kier alpha value is -3.91. The normalized spacial score (nSPS) is 12.8. The molecule has 41 heavy (non-hydrogen) atoms. The minimum Gasteiger partial charge on any atom is -0.489 e. The van der Waals surface area contributed by atoms with E-state index in [1.165, 1.54) is 0 Å². The van der Waals surface area contributed by atoms with Gasteiger partial charge in [0.15, 0.2) is 0 Å². The monoisotopic (exact) mass is 564 g/mol. The predicted octanol–water partition coefficient (Wildman–Crippen LogP) is 4.66. The number of hydrogen-bond donors (Lipinski definition) is 3. The number of amides is 2. The minimum atomic E-state index is -0.630. The number of ether oxygens (including phenoxy) is 2. The SMILES string of the molecule is C=CCCCCC(=O)O[C@@H](C)CNC(=O)[C@H](CC=C)CC(=O)N[C@H](CO)Cc1ccc(OCc2ccccc2)cc1. The fourth-order valence-corrected chi connectivity index (χ4v) is 4.17. The first-order valence-corrected chi connectivity index (χ1v) is 14.2. The molecule has 0 saturated heterocycles. The second-order valence-corrected chi connectivity index (χ2v) is 10.1. The van der Waals surface area contributed by atoms with Gasteiger partial charge in [-0.05, 0) is 62.3 Å². The van der Waals surface area contributed by atoms with E-state index in [1.54, 1.807) is 13.0 Å². The molecular formula is C33H44N2O6. The summed E-state index contributed by atoms with van der Waals surface area (Å²) < 4.78 is 11.2. The highest BCUT2D eigenvalue weighted by molar-refractivity contribution is 5.86. The van der Waals surface area contributed by atoms with E-state index in [9.17, 15) is 19.5 Å². The Kier molecular flexibility index (Phi) is 15.6. The summed E-state index contributed by atoms with van der Waals surface area (Å²) in [4.78, 5) is 37.5. The van der Waals surface area contributed by atoms with Crippen molar-refractivity contribution >= 4 is 17.8 Å². The van der Waals surface area contributed by atoms with E-state index in [4.69, 9.17) is 9.47 Å². The number of aliphatic hydroxyl groups excluding tert-OH is 1. The third kappa shape index (κ3) is 13.8. The van der Waals surface area contributed by atoms with Crippen LogP contribution in [0.25, 0.3) is 0 Å². The van der Waals surface area contributed by atoms with Crippen molar-refractivity contribution < 1.29 is 29.0 Å². The molecule has 2 aromatic rings. The van der Waals surface area contributed by atoms with Crippen LogP contribution in [0.15, 0.2) is 79.9 Å². The van der Waals surface area contributed by atoms with Crippen molar-refractivity contribution in [3.63, 3.8) is 0 Å². The Morgan fingerprint density at radius 1 is 0.976 bits per heavy atom. The zero-order valence-electron chi connectivity index (χ0n) is 24.1. The highest BCUT2D eigenvalue weighted by Gasteiger charge is 2.23.